The third-order valence-corrected chi connectivity index (χ3v) is 5.43. The van der Waals surface area contributed by atoms with Gasteiger partial charge in [0, 0.05) is 17.3 Å². The lowest BCUT2D eigenvalue weighted by molar-refractivity contribution is 0.361. The summed E-state index contributed by atoms with van der Waals surface area (Å²) in [6, 6.07) is 1.50. The quantitative estimate of drug-likeness (QED) is 0.777. The van der Waals surface area contributed by atoms with Crippen LogP contribution in [-0.4, -0.2) is 29.6 Å². The number of hydrogen-bond donors (Lipinski definition) is 2. The van der Waals surface area contributed by atoms with Crippen LogP contribution in [0.5, 0.6) is 0 Å². The Bertz CT molecular complexity index is 210. The van der Waals surface area contributed by atoms with Crippen molar-refractivity contribution < 1.29 is 0 Å². The van der Waals surface area contributed by atoms with Gasteiger partial charge in [0.1, 0.15) is 0 Å². The fraction of sp³-hybridized carbons (Fsp3) is 1.00. The number of nitrogens with one attached hydrogen (secondary N) is 1. The molecule has 0 heterocycles. The van der Waals surface area contributed by atoms with Crippen molar-refractivity contribution in [1.82, 2.24) is 5.32 Å². The molecule has 4 atom stereocenters. The fourth-order valence-corrected chi connectivity index (χ4v) is 4.46. The second kappa shape index (κ2) is 6.27. The summed E-state index contributed by atoms with van der Waals surface area (Å²) in [5.74, 6) is 2.02. The zero-order valence-electron chi connectivity index (χ0n) is 10.5. The maximum atomic E-state index is 5.83. The van der Waals surface area contributed by atoms with Gasteiger partial charge < -0.3 is 11.1 Å². The molecule has 0 aromatic carbocycles. The van der Waals surface area contributed by atoms with Crippen molar-refractivity contribution in [3.05, 3.63) is 0 Å². The first-order valence-corrected chi connectivity index (χ1v) is 7.96. The van der Waals surface area contributed by atoms with Gasteiger partial charge in [-0.2, -0.15) is 11.8 Å². The lowest BCUT2D eigenvalue weighted by Crippen LogP contribution is -2.41. The van der Waals surface area contributed by atoms with Crippen LogP contribution in [0.1, 0.15) is 45.4 Å². The molecule has 0 aromatic rings. The minimum atomic E-state index is 0.723. The molecule has 94 valence electrons. The van der Waals surface area contributed by atoms with E-state index in [4.69, 9.17) is 5.73 Å². The predicted molar refractivity (Wildman–Crippen MR) is 72.9 cm³/mol. The number of thioether (sulfide) groups is 1. The van der Waals surface area contributed by atoms with Gasteiger partial charge in [-0.15, -0.1) is 0 Å². The zero-order chi connectivity index (χ0) is 11.4. The molecule has 16 heavy (non-hydrogen) atoms. The van der Waals surface area contributed by atoms with Crippen LogP contribution in [0.2, 0.25) is 0 Å². The van der Waals surface area contributed by atoms with Gasteiger partial charge in [0.05, 0.1) is 0 Å². The smallest absolute Gasteiger partial charge is 0.0110 e. The highest BCUT2D eigenvalue weighted by atomic mass is 32.2. The van der Waals surface area contributed by atoms with E-state index in [1.807, 2.05) is 0 Å². The molecule has 0 radical (unpaired) electrons. The Hall–Kier alpha value is 0.270. The molecule has 0 amide bonds. The van der Waals surface area contributed by atoms with Crippen LogP contribution in [0.4, 0.5) is 0 Å². The van der Waals surface area contributed by atoms with E-state index in [1.165, 1.54) is 44.3 Å². The largest absolute Gasteiger partial charge is 0.330 e. The number of rotatable bonds is 5. The van der Waals surface area contributed by atoms with Crippen LogP contribution in [0.3, 0.4) is 0 Å². The van der Waals surface area contributed by atoms with Crippen LogP contribution in [0.25, 0.3) is 0 Å². The summed E-state index contributed by atoms with van der Waals surface area (Å²) in [5.41, 5.74) is 5.83. The maximum Gasteiger partial charge on any atom is 0.0110 e. The van der Waals surface area contributed by atoms with Crippen molar-refractivity contribution in [1.29, 1.82) is 0 Å². The summed E-state index contributed by atoms with van der Waals surface area (Å²) in [5, 5.41) is 4.79. The van der Waals surface area contributed by atoms with Gasteiger partial charge >= 0.3 is 0 Å². The first-order valence-electron chi connectivity index (χ1n) is 6.91. The molecule has 2 rings (SSSR count). The molecule has 2 saturated carbocycles. The van der Waals surface area contributed by atoms with E-state index in [0.29, 0.717) is 0 Å². The topological polar surface area (TPSA) is 38.0 Å². The van der Waals surface area contributed by atoms with Crippen LogP contribution >= 0.6 is 11.8 Å². The van der Waals surface area contributed by atoms with Gasteiger partial charge in [0.25, 0.3) is 0 Å². The monoisotopic (exact) mass is 242 g/mol. The molecule has 2 fully saturated rings. The SMILES string of the molecule is CCSC1CCC(NC2CCCC2CN)C1. The van der Waals surface area contributed by atoms with Gasteiger partial charge in [0.15, 0.2) is 0 Å². The Morgan fingerprint density at radius 1 is 1.25 bits per heavy atom. The molecule has 2 aliphatic carbocycles. The normalized spacial score (nSPS) is 39.4. The van der Waals surface area contributed by atoms with Crippen LogP contribution in [-0.2, 0) is 0 Å². The van der Waals surface area contributed by atoms with Gasteiger partial charge in [-0.05, 0) is 50.3 Å². The summed E-state index contributed by atoms with van der Waals surface area (Å²) in [6.07, 6.45) is 8.24. The van der Waals surface area contributed by atoms with E-state index in [9.17, 15) is 0 Å². The average molecular weight is 242 g/mol. The van der Waals surface area contributed by atoms with Crippen molar-refractivity contribution in [2.45, 2.75) is 62.8 Å². The van der Waals surface area contributed by atoms with Crippen LogP contribution in [0.15, 0.2) is 0 Å². The summed E-state index contributed by atoms with van der Waals surface area (Å²) in [4.78, 5) is 0. The maximum absolute atomic E-state index is 5.83. The van der Waals surface area contributed by atoms with E-state index in [0.717, 1.165) is 29.8 Å². The van der Waals surface area contributed by atoms with Crippen LogP contribution < -0.4 is 11.1 Å². The Morgan fingerprint density at radius 3 is 2.88 bits per heavy atom. The lowest BCUT2D eigenvalue weighted by atomic mass is 10.0. The summed E-state index contributed by atoms with van der Waals surface area (Å²) in [6.45, 7) is 3.14. The highest BCUT2D eigenvalue weighted by molar-refractivity contribution is 7.99. The molecule has 0 bridgehead atoms. The van der Waals surface area contributed by atoms with Gasteiger partial charge in [-0.3, -0.25) is 0 Å². The molecule has 3 N–H and O–H groups in total. The summed E-state index contributed by atoms with van der Waals surface area (Å²) in [7, 11) is 0. The fourth-order valence-electron chi connectivity index (χ4n) is 3.32. The first-order chi connectivity index (χ1) is 7.83. The van der Waals surface area contributed by atoms with E-state index in [2.05, 4.69) is 24.0 Å². The van der Waals surface area contributed by atoms with Crippen molar-refractivity contribution in [3.63, 3.8) is 0 Å². The zero-order valence-corrected chi connectivity index (χ0v) is 11.3. The third kappa shape index (κ3) is 3.14. The van der Waals surface area contributed by atoms with E-state index < -0.39 is 0 Å². The molecule has 2 aliphatic rings. The van der Waals surface area contributed by atoms with Crippen molar-refractivity contribution in [3.8, 4) is 0 Å². The summed E-state index contributed by atoms with van der Waals surface area (Å²) < 4.78 is 0. The molecular weight excluding hydrogens is 216 g/mol. The minimum Gasteiger partial charge on any atom is -0.330 e. The molecule has 3 heteroatoms. The third-order valence-electron chi connectivity index (χ3n) is 4.20. The van der Waals surface area contributed by atoms with Gasteiger partial charge in [0.2, 0.25) is 0 Å². The van der Waals surface area contributed by atoms with Gasteiger partial charge in [-0.25, -0.2) is 0 Å². The van der Waals surface area contributed by atoms with Gasteiger partial charge in [-0.1, -0.05) is 13.3 Å². The molecular formula is C13H26N2S. The Labute approximate surface area is 104 Å². The minimum absolute atomic E-state index is 0.723. The highest BCUT2D eigenvalue weighted by Gasteiger charge is 2.31. The molecule has 0 aromatic heterocycles. The average Bonchev–Trinajstić information content (AvgIpc) is 2.89. The lowest BCUT2D eigenvalue weighted by Gasteiger charge is -2.24. The van der Waals surface area contributed by atoms with Crippen molar-refractivity contribution in [2.75, 3.05) is 12.3 Å². The molecule has 0 saturated heterocycles. The number of hydrogen-bond acceptors (Lipinski definition) is 3. The highest BCUT2D eigenvalue weighted by Crippen LogP contribution is 2.32. The number of nitrogens with two attached hydrogens (primary N) is 1. The van der Waals surface area contributed by atoms with Crippen molar-refractivity contribution in [2.24, 2.45) is 11.7 Å². The van der Waals surface area contributed by atoms with E-state index >= 15 is 0 Å². The Balaban J connectivity index is 1.74. The molecule has 0 aliphatic heterocycles. The Kier molecular flexibility index (Phi) is 4.98. The second-order valence-electron chi connectivity index (χ2n) is 5.29. The molecule has 4 unspecified atom stereocenters. The second-order valence-corrected chi connectivity index (χ2v) is 6.86. The molecule has 0 spiro atoms. The van der Waals surface area contributed by atoms with E-state index in [-0.39, 0.29) is 0 Å². The van der Waals surface area contributed by atoms with Crippen LogP contribution in [0, 0.1) is 5.92 Å². The standard InChI is InChI=1S/C13H26N2S/c1-2-16-12-7-6-11(8-12)15-13-5-3-4-10(13)9-14/h10-13,15H,2-9,14H2,1H3. The van der Waals surface area contributed by atoms with Crippen molar-refractivity contribution >= 4 is 11.8 Å². The predicted octanol–water partition coefficient (Wildman–Crippen LogP) is 2.38. The first kappa shape index (κ1) is 12.7. The summed E-state index contributed by atoms with van der Waals surface area (Å²) >= 11 is 2.14. The Morgan fingerprint density at radius 2 is 2.12 bits per heavy atom. The molecule has 2 nitrogen and oxygen atoms in total. The van der Waals surface area contributed by atoms with E-state index in [1.54, 1.807) is 0 Å².